The first-order chi connectivity index (χ1) is 40.8. The third-order valence-electron chi connectivity index (χ3n) is 17.1. The molecule has 7 rings (SSSR count). The molecule has 470 valence electrons. The number of benzene rings is 2. The van der Waals surface area contributed by atoms with Crippen molar-refractivity contribution in [2.45, 2.75) is 172 Å². The quantitative estimate of drug-likeness (QED) is 0.106. The Morgan fingerprint density at radius 1 is 0.686 bits per heavy atom. The van der Waals surface area contributed by atoms with E-state index in [1.807, 2.05) is 13.8 Å². The van der Waals surface area contributed by atoms with Gasteiger partial charge in [0.15, 0.2) is 0 Å². The van der Waals surface area contributed by atoms with Crippen molar-refractivity contribution in [2.75, 3.05) is 46.4 Å². The lowest BCUT2D eigenvalue weighted by atomic mass is 9.95. The highest BCUT2D eigenvalue weighted by molar-refractivity contribution is 6.00. The van der Waals surface area contributed by atoms with E-state index in [2.05, 4.69) is 26.6 Å². The summed E-state index contributed by atoms with van der Waals surface area (Å²) >= 11 is 0. The van der Waals surface area contributed by atoms with Crippen molar-refractivity contribution < 1.29 is 77.9 Å². The van der Waals surface area contributed by atoms with Gasteiger partial charge in [-0.3, -0.25) is 47.9 Å². The average molecular weight is 1200 g/mol. The van der Waals surface area contributed by atoms with Gasteiger partial charge in [0.2, 0.25) is 59.1 Å². The highest BCUT2D eigenvalue weighted by atomic mass is 16.5. The fraction of sp³-hybridized carbons (Fsp3) is 0.617. The molecule has 5 saturated heterocycles. The Labute approximate surface area is 500 Å². The van der Waals surface area contributed by atoms with E-state index in [-0.39, 0.29) is 88.6 Å². The van der Waals surface area contributed by atoms with Crippen LogP contribution in [-0.2, 0) is 70.3 Å². The molecule has 5 aliphatic rings. The molecule has 2 unspecified atom stereocenters. The molecule has 0 saturated carbocycles. The number of hydrogen-bond donors (Lipinski definition) is 9. The number of esters is 1. The largest absolute Gasteiger partial charge is 0.508 e. The summed E-state index contributed by atoms with van der Waals surface area (Å²) in [5, 5.41) is 56.4. The van der Waals surface area contributed by atoms with Crippen LogP contribution < -0.4 is 26.6 Å². The number of fused-ring (bicyclic) bond motifs is 4. The summed E-state index contributed by atoms with van der Waals surface area (Å²) in [6.45, 7) is 7.45. The summed E-state index contributed by atoms with van der Waals surface area (Å²) in [6, 6.07) is 0.280. The molecule has 5 heterocycles. The number of rotatable bonds is 12. The summed E-state index contributed by atoms with van der Waals surface area (Å²) in [7, 11) is 1.42. The smallest absolute Gasteiger partial charge is 0.328 e. The van der Waals surface area contributed by atoms with Crippen LogP contribution in [0.1, 0.15) is 97.6 Å². The van der Waals surface area contributed by atoms with Crippen LogP contribution in [-0.4, -0.2) is 229 Å². The minimum absolute atomic E-state index is 0.000260. The maximum atomic E-state index is 15.2. The molecule has 5 fully saturated rings. The van der Waals surface area contributed by atoms with Gasteiger partial charge in [0.05, 0.1) is 18.8 Å². The molecule has 0 spiro atoms. The monoisotopic (exact) mass is 1200 g/mol. The number of aliphatic hydroxyl groups excluding tert-OH is 3. The number of hydrogen-bond acceptors (Lipinski definition) is 16. The molecule has 2 aromatic carbocycles. The number of aromatic hydroxyl groups is 1. The van der Waals surface area contributed by atoms with E-state index in [4.69, 9.17) is 4.74 Å². The lowest BCUT2D eigenvalue weighted by molar-refractivity contribution is -0.158. The lowest BCUT2D eigenvalue weighted by Crippen LogP contribution is -2.62. The predicted octanol–water partition coefficient (Wildman–Crippen LogP) is -1.76. The minimum Gasteiger partial charge on any atom is -0.508 e. The lowest BCUT2D eigenvalue weighted by Gasteiger charge is -2.35. The molecular formula is C60H84N10O16. The highest BCUT2D eigenvalue weighted by Gasteiger charge is 2.51. The van der Waals surface area contributed by atoms with Crippen LogP contribution in [0.5, 0.6) is 5.75 Å². The van der Waals surface area contributed by atoms with Crippen molar-refractivity contribution in [1.82, 2.24) is 51.1 Å². The first kappa shape index (κ1) is 65.8. The maximum absolute atomic E-state index is 15.2. The molecule has 86 heavy (non-hydrogen) atoms. The van der Waals surface area contributed by atoms with Crippen LogP contribution in [0.15, 0.2) is 54.6 Å². The van der Waals surface area contributed by atoms with Gasteiger partial charge in [-0.15, -0.1) is 0 Å². The maximum Gasteiger partial charge on any atom is 0.328 e. The number of phenols is 1. The van der Waals surface area contributed by atoms with Gasteiger partial charge < -0.3 is 76.2 Å². The van der Waals surface area contributed by atoms with Gasteiger partial charge in [-0.2, -0.15) is 0 Å². The summed E-state index contributed by atoms with van der Waals surface area (Å²) in [5.41, 5.74) is 1.11. The van der Waals surface area contributed by atoms with Crippen LogP contribution in [0.4, 0.5) is 0 Å². The Balaban J connectivity index is 1.28. The van der Waals surface area contributed by atoms with Crippen molar-refractivity contribution in [2.24, 2.45) is 17.8 Å². The van der Waals surface area contributed by atoms with E-state index < -0.39 is 163 Å². The fourth-order valence-electron chi connectivity index (χ4n) is 12.1. The van der Waals surface area contributed by atoms with Crippen molar-refractivity contribution in [3.63, 3.8) is 0 Å². The number of likely N-dealkylation sites (N-methyl/N-ethyl adjacent to an activating group) is 1. The Bertz CT molecular complexity index is 2820. The normalized spacial score (nSPS) is 29.3. The third-order valence-corrected chi connectivity index (χ3v) is 17.1. The third kappa shape index (κ3) is 15.8. The van der Waals surface area contributed by atoms with Crippen LogP contribution >= 0.6 is 0 Å². The van der Waals surface area contributed by atoms with Gasteiger partial charge in [-0.25, -0.2) is 4.79 Å². The van der Waals surface area contributed by atoms with Gasteiger partial charge in [0.25, 0.3) is 0 Å². The van der Waals surface area contributed by atoms with Crippen molar-refractivity contribution >= 4 is 65.0 Å². The Morgan fingerprint density at radius 2 is 1.27 bits per heavy atom. The van der Waals surface area contributed by atoms with E-state index in [0.29, 0.717) is 17.5 Å². The number of carbonyl (C=O) groups excluding carboxylic acids is 11. The zero-order chi connectivity index (χ0) is 62.8. The van der Waals surface area contributed by atoms with E-state index in [1.165, 1.54) is 52.9 Å². The Hall–Kier alpha value is -7.71. The Morgan fingerprint density at radius 3 is 1.87 bits per heavy atom. The van der Waals surface area contributed by atoms with Gasteiger partial charge >= 0.3 is 5.97 Å². The van der Waals surface area contributed by atoms with E-state index in [0.717, 1.165) is 9.80 Å². The van der Waals surface area contributed by atoms with Crippen LogP contribution in [0, 0.1) is 17.8 Å². The van der Waals surface area contributed by atoms with Crippen molar-refractivity contribution in [1.29, 1.82) is 0 Å². The Kier molecular flexibility index (Phi) is 22.3. The number of carbonyl (C=O) groups is 11. The zero-order valence-electron chi connectivity index (χ0n) is 49.9. The predicted molar refractivity (Wildman–Crippen MR) is 307 cm³/mol. The average Bonchev–Trinajstić information content (AvgIpc) is 2.13. The second-order valence-corrected chi connectivity index (χ2v) is 24.1. The minimum atomic E-state index is -1.77. The second-order valence-electron chi connectivity index (χ2n) is 24.1. The molecule has 14 atom stereocenters. The van der Waals surface area contributed by atoms with Crippen molar-refractivity contribution in [3.8, 4) is 5.75 Å². The zero-order valence-corrected chi connectivity index (χ0v) is 49.9. The molecule has 0 radical (unpaired) electrons. The number of cyclic esters (lactones) is 1. The topological polar surface area (TPSA) is 354 Å². The van der Waals surface area contributed by atoms with Crippen LogP contribution in [0.2, 0.25) is 0 Å². The molecule has 26 nitrogen and oxygen atoms in total. The first-order valence-corrected chi connectivity index (χ1v) is 29.7. The molecule has 5 aliphatic heterocycles. The van der Waals surface area contributed by atoms with E-state index in [9.17, 15) is 68.4 Å². The number of amides is 10. The number of nitrogens with zero attached hydrogens (tertiary/aromatic N) is 5. The molecular weight excluding hydrogens is 1120 g/mol. The molecule has 26 heteroatoms. The summed E-state index contributed by atoms with van der Waals surface area (Å²) in [6.07, 6.45) is -2.56. The van der Waals surface area contributed by atoms with Crippen LogP contribution in [0.3, 0.4) is 0 Å². The van der Waals surface area contributed by atoms with E-state index >= 15 is 4.79 Å². The number of aliphatic hydroxyl groups is 3. The molecule has 0 aliphatic carbocycles. The summed E-state index contributed by atoms with van der Waals surface area (Å²) < 4.78 is 5.88. The van der Waals surface area contributed by atoms with Crippen LogP contribution in [0.25, 0.3) is 0 Å². The first-order valence-electron chi connectivity index (χ1n) is 29.7. The number of nitrogens with one attached hydrogen (secondary N) is 5. The van der Waals surface area contributed by atoms with Gasteiger partial charge in [0.1, 0.15) is 72.8 Å². The molecule has 0 aromatic heterocycles. The molecule has 2 aromatic rings. The van der Waals surface area contributed by atoms with Gasteiger partial charge in [0, 0.05) is 65.8 Å². The van der Waals surface area contributed by atoms with E-state index in [1.54, 1.807) is 51.1 Å². The second kappa shape index (κ2) is 29.1. The van der Waals surface area contributed by atoms with Gasteiger partial charge in [-0.1, -0.05) is 83.5 Å². The molecule has 10 amide bonds. The number of phenolic OH excluding ortho intramolecular Hbond substituents is 1. The highest BCUT2D eigenvalue weighted by Crippen LogP contribution is 2.31. The standard InChI is InChI=1S/C60H84N10O16/c1-8-34(5)50-55(80)62-42(23-37-16-18-38(73)19-17-37)51(76)63-43(30-71)56(81)69-28-39(74)26-49(69)59(84)70-29-40(75)25-48(70)58(83)67-20-12-15-45(67)60(85)86-31-44(64-53(78)46(66(7)35(6)72)24-36-13-10-9-11-14-36)57(82)68-27-33(4)22-47(68)54(79)61-41(21-32(2)3)52(77)65-50/h9-11,13-14,16-19,32-34,39-50,71,73-75H,8,12,15,20-31H2,1-7H3,(H,61,79)(H,62,80)(H,63,76)(H,64,78)(H,65,77)/t33-,34-,39+,40+,41+,42-,43?,44?,45-,46-,47-,48-,49-,50-/m0/s1. The van der Waals surface area contributed by atoms with Gasteiger partial charge in [-0.05, 0) is 66.7 Å². The molecule has 9 N–H and O–H groups in total. The summed E-state index contributed by atoms with van der Waals surface area (Å²) in [4.78, 5) is 165. The molecule has 0 bridgehead atoms. The van der Waals surface area contributed by atoms with Crippen molar-refractivity contribution in [3.05, 3.63) is 65.7 Å². The summed E-state index contributed by atoms with van der Waals surface area (Å²) in [5.74, 6) is -10.3. The number of ether oxygens (including phenoxy) is 1. The fourth-order valence-corrected chi connectivity index (χ4v) is 12.1. The SMILES string of the molecule is CC[C@H](C)[C@@H]1NC(=O)[C@@H](CC(C)C)NC(=O)[C@@H]2C[C@H](C)CN2C(=O)C(NC(=O)[C@H](Cc2ccccc2)N(C)C(C)=O)COC(=O)[C@@H]2CCCN2C(=O)[C@@H]2C[C@@H](O)CN2C(=O)[C@@H]2C[C@@H](O)CN2C(=O)C(CO)NC(=O)[C@H](Cc2ccc(O)cc2)NC1=O.